The zero-order valence-corrected chi connectivity index (χ0v) is 22.0. The molecule has 2 aromatic carbocycles. The van der Waals surface area contributed by atoms with Crippen molar-refractivity contribution in [3.63, 3.8) is 0 Å². The van der Waals surface area contributed by atoms with E-state index < -0.39 is 0 Å². The van der Waals surface area contributed by atoms with Gasteiger partial charge in [-0.3, -0.25) is 0 Å². The van der Waals surface area contributed by atoms with E-state index in [-0.39, 0.29) is 68.5 Å². The average Bonchev–Trinajstić information content (AvgIpc) is 2.79. The molecule has 0 atom stereocenters. The van der Waals surface area contributed by atoms with Gasteiger partial charge in [0.15, 0.2) is 0 Å². The number of rotatable bonds is 5. The van der Waals surface area contributed by atoms with Crippen LogP contribution < -0.4 is 42.4 Å². The monoisotopic (exact) mass is 476 g/mol. The maximum atomic E-state index is 2.37. The fourth-order valence-corrected chi connectivity index (χ4v) is 6.22. The summed E-state index contributed by atoms with van der Waals surface area (Å²) < 4.78 is 0. The first-order valence-corrected chi connectivity index (χ1v) is 11.2. The van der Waals surface area contributed by atoms with Crippen LogP contribution in [0.25, 0.3) is 0 Å². The van der Waals surface area contributed by atoms with E-state index in [1.165, 1.54) is 44.6 Å². The second-order valence-corrected chi connectivity index (χ2v) is 9.34. The second kappa shape index (κ2) is 14.4. The van der Waals surface area contributed by atoms with Gasteiger partial charge in [-0.2, -0.15) is 27.8 Å². The number of hydrogen-bond acceptors (Lipinski definition) is 0. The van der Waals surface area contributed by atoms with Crippen LogP contribution in [0, 0.1) is 26.7 Å². The van der Waals surface area contributed by atoms with Crippen molar-refractivity contribution in [1.29, 1.82) is 0 Å². The van der Waals surface area contributed by atoms with Crippen LogP contribution in [-0.4, -0.2) is 9.52 Å². The molecule has 148 valence electrons. The van der Waals surface area contributed by atoms with Crippen LogP contribution in [0.3, 0.4) is 0 Å². The van der Waals surface area contributed by atoms with Crippen molar-refractivity contribution in [3.8, 4) is 0 Å². The van der Waals surface area contributed by atoms with Gasteiger partial charge < -0.3 is 37.2 Å². The quantitative estimate of drug-likeness (QED) is 0.301. The van der Waals surface area contributed by atoms with Gasteiger partial charge in [0.1, 0.15) is 0 Å². The molecule has 0 radical (unpaired) electrons. The Morgan fingerprint density at radius 3 is 2.07 bits per heavy atom. The molecule has 0 saturated heterocycles. The normalized spacial score (nSPS) is 14.0. The Morgan fingerprint density at radius 1 is 0.889 bits per heavy atom. The number of hydrogen-bond donors (Lipinski definition) is 0. The molecule has 5 heteroatoms. The summed E-state index contributed by atoms with van der Waals surface area (Å²) in [4.78, 5) is 0. The number of benzene rings is 1. The van der Waals surface area contributed by atoms with Crippen LogP contribution in [0.1, 0.15) is 59.9 Å². The molecule has 1 fully saturated rings. The molecule has 0 aliphatic heterocycles. The fraction of sp³-hybridized carbons (Fsp3) is 0.500. The van der Waals surface area contributed by atoms with E-state index in [0.717, 1.165) is 5.92 Å². The van der Waals surface area contributed by atoms with Crippen LogP contribution in [0.15, 0.2) is 30.3 Å². The molecule has 3 rings (SSSR count). The van der Waals surface area contributed by atoms with Gasteiger partial charge >= 0.3 is 21.7 Å². The summed E-state index contributed by atoms with van der Waals surface area (Å²) >= 11 is 0. The summed E-state index contributed by atoms with van der Waals surface area (Å²) in [6.07, 6.45) is 8.63. The van der Waals surface area contributed by atoms with Gasteiger partial charge in [0.05, 0.1) is 0 Å². The predicted molar refractivity (Wildman–Crippen MR) is 105 cm³/mol. The van der Waals surface area contributed by atoms with Crippen molar-refractivity contribution in [1.82, 2.24) is 0 Å². The van der Waals surface area contributed by atoms with Gasteiger partial charge in [0.2, 0.25) is 0 Å². The molecule has 0 amide bonds. The summed E-state index contributed by atoms with van der Waals surface area (Å²) in [5.74, 6) is 0.945. The summed E-state index contributed by atoms with van der Waals surface area (Å²) in [5, 5.41) is 1.60. The molecule has 0 spiro atoms. The molecule has 0 bridgehead atoms. The molecule has 0 N–H and O–H groups in total. The van der Waals surface area contributed by atoms with E-state index in [1.807, 2.05) is 0 Å². The van der Waals surface area contributed by atoms with Crippen molar-refractivity contribution in [2.45, 2.75) is 65.3 Å². The van der Waals surface area contributed by atoms with Crippen molar-refractivity contribution in [2.75, 3.05) is 0 Å². The molecule has 0 aromatic heterocycles. The van der Waals surface area contributed by atoms with Crippen LogP contribution in [0.2, 0.25) is 0 Å². The Hall–Kier alpha value is 0.371. The maximum absolute atomic E-state index is 2.37. The molecule has 1 aliphatic rings. The maximum Gasteiger partial charge on any atom is 4.00 e. The first-order chi connectivity index (χ1) is 11.2. The molecule has 1 aliphatic carbocycles. The van der Waals surface area contributed by atoms with Gasteiger partial charge in [0.25, 0.3) is 0 Å². The first kappa shape index (κ1) is 29.6. The zero-order chi connectivity index (χ0) is 16.2. The Balaban J connectivity index is 0. The minimum atomic E-state index is -0.193. The van der Waals surface area contributed by atoms with Gasteiger partial charge in [-0.1, -0.05) is 94.4 Å². The van der Waals surface area contributed by atoms with Gasteiger partial charge in [-0.25, -0.2) is 0 Å². The van der Waals surface area contributed by atoms with E-state index >= 15 is 0 Å². The summed E-state index contributed by atoms with van der Waals surface area (Å²) in [6.45, 7) is 7.07. The number of halogens is 3. The van der Waals surface area contributed by atoms with Crippen molar-refractivity contribution >= 4 is 14.7 Å². The van der Waals surface area contributed by atoms with Crippen LogP contribution in [-0.2, 0) is 34.2 Å². The molecule has 0 nitrogen and oxygen atoms in total. The predicted octanol–water partition coefficient (Wildman–Crippen LogP) is -4.54. The molecule has 0 heterocycles. The van der Waals surface area contributed by atoms with Crippen LogP contribution >= 0.6 is 0 Å². The smallest absolute Gasteiger partial charge is 1.00 e. The molecular weight excluding hydrogens is 447 g/mol. The minimum Gasteiger partial charge on any atom is -1.00 e. The summed E-state index contributed by atoms with van der Waals surface area (Å²) in [6, 6.07) is 12.5. The Bertz CT molecular complexity index is 649. The molecular formula is C22H31Cl3SiTi. The first-order valence-electron chi connectivity index (χ1n) is 9.45. The topological polar surface area (TPSA) is 0 Å². The molecule has 27 heavy (non-hydrogen) atoms. The minimum absolute atomic E-state index is 0. The van der Waals surface area contributed by atoms with Crippen molar-refractivity contribution < 1.29 is 58.9 Å². The Morgan fingerprint density at radius 2 is 1.48 bits per heavy atom. The SMILES string of the molecule is Cc1c(C)c(CC2CCCCC2)[c-](C[SiH2]c2ccccc2)c1C.[Cl-].[Cl-].[Cl-].[Ti+4]. The fourth-order valence-electron chi connectivity index (χ4n) is 4.40. The van der Waals surface area contributed by atoms with E-state index in [1.54, 1.807) is 33.0 Å². The molecule has 1 saturated carbocycles. The average molecular weight is 478 g/mol. The molecule has 2 aromatic rings. The van der Waals surface area contributed by atoms with E-state index in [2.05, 4.69) is 51.1 Å². The summed E-state index contributed by atoms with van der Waals surface area (Å²) in [5.41, 5.74) is 8.21. The third-order valence-electron chi connectivity index (χ3n) is 6.12. The van der Waals surface area contributed by atoms with E-state index in [9.17, 15) is 0 Å². The third-order valence-corrected chi connectivity index (χ3v) is 7.92. The van der Waals surface area contributed by atoms with Crippen LogP contribution in [0.4, 0.5) is 0 Å². The Kier molecular flexibility index (Phi) is 15.7. The third kappa shape index (κ3) is 7.61. The van der Waals surface area contributed by atoms with Gasteiger partial charge in [-0.15, -0.1) is 0 Å². The summed E-state index contributed by atoms with van der Waals surface area (Å²) in [7, 11) is -0.193. The largest absolute Gasteiger partial charge is 4.00 e. The van der Waals surface area contributed by atoms with E-state index in [0.29, 0.717) is 0 Å². The standard InChI is InChI=1S/C22H31Si.3ClH.Ti/c1-16-17(2)21(14-19-10-6-4-7-11-19)22(18(16)3)15-23-20-12-8-5-9-13-20;;;;/h5,8-9,12-13,19H,4,6-7,10-11,14-15,23H2,1-3H3;3*1H;/q-1;;;;+4/p-3. The van der Waals surface area contributed by atoms with Crippen molar-refractivity contribution in [2.24, 2.45) is 5.92 Å². The molecule has 0 unspecified atom stereocenters. The van der Waals surface area contributed by atoms with E-state index in [4.69, 9.17) is 0 Å². The second-order valence-electron chi connectivity index (χ2n) is 7.53. The van der Waals surface area contributed by atoms with Gasteiger partial charge in [0, 0.05) is 9.52 Å². The van der Waals surface area contributed by atoms with Crippen LogP contribution in [0.5, 0.6) is 0 Å². The van der Waals surface area contributed by atoms with Crippen molar-refractivity contribution in [3.05, 3.63) is 58.1 Å². The van der Waals surface area contributed by atoms with Gasteiger partial charge in [-0.05, 0) is 12.3 Å². The zero-order valence-electron chi connectivity index (χ0n) is 16.8. The Labute approximate surface area is 202 Å².